The van der Waals surface area contributed by atoms with E-state index in [1.165, 1.54) is 5.56 Å². The highest BCUT2D eigenvalue weighted by molar-refractivity contribution is 7.71. The summed E-state index contributed by atoms with van der Waals surface area (Å²) in [5.74, 6) is 0. The van der Waals surface area contributed by atoms with E-state index >= 15 is 0 Å². The second kappa shape index (κ2) is 2.45. The Morgan fingerprint density at radius 1 is 1.42 bits per heavy atom. The van der Waals surface area contributed by atoms with Crippen molar-refractivity contribution in [3.63, 3.8) is 0 Å². The van der Waals surface area contributed by atoms with Crippen LogP contribution in [0.4, 0.5) is 0 Å². The highest BCUT2D eigenvalue weighted by atomic mass is 32.1. The van der Waals surface area contributed by atoms with Crippen molar-refractivity contribution in [1.82, 2.24) is 4.57 Å². The summed E-state index contributed by atoms with van der Waals surface area (Å²) in [6.45, 7) is 2.05. The van der Waals surface area contributed by atoms with Crippen LogP contribution in [-0.2, 0) is 7.05 Å². The molecule has 0 fully saturated rings. The smallest absolute Gasteiger partial charge is 0.269 e. The van der Waals surface area contributed by atoms with Gasteiger partial charge in [0.1, 0.15) is 0 Å². The molecule has 0 atom stereocenters. The number of nitrogens with zero attached hydrogens (tertiary/aromatic N) is 1. The fourth-order valence-electron chi connectivity index (χ4n) is 1.40. The van der Waals surface area contributed by atoms with Crippen molar-refractivity contribution in [1.29, 1.82) is 0 Å². The molecule has 12 heavy (non-hydrogen) atoms. The molecule has 0 saturated carbocycles. The third-order valence-corrected chi connectivity index (χ3v) is 2.36. The molecular formula is C9H9NOS. The van der Waals surface area contributed by atoms with Gasteiger partial charge in [-0.2, -0.15) is 0 Å². The van der Waals surface area contributed by atoms with Crippen molar-refractivity contribution in [3.8, 4) is 0 Å². The van der Waals surface area contributed by atoms with Crippen LogP contribution in [0, 0.1) is 11.8 Å². The Morgan fingerprint density at radius 3 is 2.83 bits per heavy atom. The fraction of sp³-hybridized carbons (Fsp3) is 0.222. The zero-order valence-corrected chi connectivity index (χ0v) is 7.81. The Labute approximate surface area is 75.4 Å². The van der Waals surface area contributed by atoms with Gasteiger partial charge in [-0.3, -0.25) is 0 Å². The summed E-state index contributed by atoms with van der Waals surface area (Å²) in [6, 6.07) is 5.95. The summed E-state index contributed by atoms with van der Waals surface area (Å²) in [4.78, 5) is 0.527. The van der Waals surface area contributed by atoms with E-state index < -0.39 is 0 Å². The summed E-state index contributed by atoms with van der Waals surface area (Å²) >= 11 is 5.01. The van der Waals surface area contributed by atoms with E-state index in [0.29, 0.717) is 4.84 Å². The highest BCUT2D eigenvalue weighted by Gasteiger charge is 2.04. The average molecular weight is 179 g/mol. The van der Waals surface area contributed by atoms with Crippen LogP contribution in [0.5, 0.6) is 0 Å². The zero-order chi connectivity index (χ0) is 8.72. The van der Waals surface area contributed by atoms with Crippen LogP contribution in [-0.4, -0.2) is 4.57 Å². The SMILES string of the molecule is Cc1cccc2oc(=S)n(C)c12. The maximum Gasteiger partial charge on any atom is 0.269 e. The quantitative estimate of drug-likeness (QED) is 0.579. The molecule has 2 nitrogen and oxygen atoms in total. The van der Waals surface area contributed by atoms with Gasteiger partial charge in [0.25, 0.3) is 4.84 Å². The number of hydrogen-bond acceptors (Lipinski definition) is 2. The summed E-state index contributed by atoms with van der Waals surface area (Å²) in [5.41, 5.74) is 3.14. The lowest BCUT2D eigenvalue weighted by atomic mass is 10.2. The minimum absolute atomic E-state index is 0.527. The lowest BCUT2D eigenvalue weighted by Gasteiger charge is -1.95. The number of fused-ring (bicyclic) bond motifs is 1. The first-order valence-corrected chi connectivity index (χ1v) is 4.16. The molecule has 0 bridgehead atoms. The average Bonchev–Trinajstić information content (AvgIpc) is 2.29. The summed E-state index contributed by atoms with van der Waals surface area (Å²) in [6.07, 6.45) is 0. The predicted octanol–water partition coefficient (Wildman–Crippen LogP) is 2.81. The molecule has 0 saturated heterocycles. The molecule has 2 rings (SSSR count). The van der Waals surface area contributed by atoms with Gasteiger partial charge >= 0.3 is 0 Å². The normalized spacial score (nSPS) is 10.8. The minimum atomic E-state index is 0.527. The zero-order valence-electron chi connectivity index (χ0n) is 7.00. The number of rotatable bonds is 0. The molecule has 2 aromatic rings. The van der Waals surface area contributed by atoms with E-state index in [4.69, 9.17) is 16.6 Å². The van der Waals surface area contributed by atoms with Gasteiger partial charge in [-0.25, -0.2) is 0 Å². The van der Waals surface area contributed by atoms with Crippen molar-refractivity contribution >= 4 is 23.3 Å². The van der Waals surface area contributed by atoms with Crippen LogP contribution in [0.1, 0.15) is 5.56 Å². The van der Waals surface area contributed by atoms with Crippen molar-refractivity contribution in [2.24, 2.45) is 7.05 Å². The number of para-hydroxylation sites is 1. The molecule has 3 heteroatoms. The van der Waals surface area contributed by atoms with Gasteiger partial charge < -0.3 is 8.98 Å². The van der Waals surface area contributed by atoms with Gasteiger partial charge in [0, 0.05) is 7.05 Å². The number of aryl methyl sites for hydroxylation is 2. The monoisotopic (exact) mass is 179 g/mol. The molecule has 1 heterocycles. The molecule has 1 aromatic carbocycles. The molecule has 0 spiro atoms. The van der Waals surface area contributed by atoms with Crippen LogP contribution >= 0.6 is 12.2 Å². The Morgan fingerprint density at radius 2 is 2.17 bits per heavy atom. The Hall–Kier alpha value is -1.09. The van der Waals surface area contributed by atoms with Crippen LogP contribution in [0.15, 0.2) is 22.6 Å². The second-order valence-electron chi connectivity index (χ2n) is 2.85. The molecule has 62 valence electrons. The lowest BCUT2D eigenvalue weighted by Crippen LogP contribution is -1.88. The minimum Gasteiger partial charge on any atom is -0.429 e. The van der Waals surface area contributed by atoms with Crippen LogP contribution < -0.4 is 0 Å². The maximum absolute atomic E-state index is 5.36. The molecule has 1 aromatic heterocycles. The van der Waals surface area contributed by atoms with E-state index in [-0.39, 0.29) is 0 Å². The van der Waals surface area contributed by atoms with Crippen LogP contribution in [0.2, 0.25) is 0 Å². The number of oxazole rings is 1. The molecule has 0 aliphatic carbocycles. The number of benzene rings is 1. The van der Waals surface area contributed by atoms with Crippen LogP contribution in [0.25, 0.3) is 11.1 Å². The summed E-state index contributed by atoms with van der Waals surface area (Å²) < 4.78 is 7.25. The predicted molar refractivity (Wildman–Crippen MR) is 50.8 cm³/mol. The Balaban J connectivity index is 3.07. The molecule has 0 radical (unpaired) electrons. The Kier molecular flexibility index (Phi) is 1.54. The van der Waals surface area contributed by atoms with E-state index in [1.54, 1.807) is 0 Å². The molecular weight excluding hydrogens is 170 g/mol. The number of aromatic nitrogens is 1. The molecule has 0 amide bonds. The van der Waals surface area contributed by atoms with Gasteiger partial charge in [-0.05, 0) is 30.8 Å². The molecule has 0 aliphatic rings. The van der Waals surface area contributed by atoms with Crippen molar-refractivity contribution in [2.45, 2.75) is 6.92 Å². The third kappa shape index (κ3) is 0.898. The van der Waals surface area contributed by atoms with Gasteiger partial charge in [-0.1, -0.05) is 12.1 Å². The van der Waals surface area contributed by atoms with E-state index in [1.807, 2.05) is 36.7 Å². The van der Waals surface area contributed by atoms with Gasteiger partial charge in [0.05, 0.1) is 5.52 Å². The van der Waals surface area contributed by atoms with E-state index in [9.17, 15) is 0 Å². The first-order chi connectivity index (χ1) is 5.70. The second-order valence-corrected chi connectivity index (χ2v) is 3.20. The standard InChI is InChI=1S/C9H9NOS/c1-6-4-3-5-7-8(6)10(2)9(12)11-7/h3-5H,1-2H3. The largest absolute Gasteiger partial charge is 0.429 e. The van der Waals surface area contributed by atoms with Crippen molar-refractivity contribution in [2.75, 3.05) is 0 Å². The topological polar surface area (TPSA) is 18.1 Å². The highest BCUT2D eigenvalue weighted by Crippen LogP contribution is 2.19. The van der Waals surface area contributed by atoms with E-state index in [0.717, 1.165) is 11.1 Å². The van der Waals surface area contributed by atoms with Gasteiger partial charge in [0.2, 0.25) is 0 Å². The number of hydrogen-bond donors (Lipinski definition) is 0. The Bertz CT molecular complexity index is 481. The maximum atomic E-state index is 5.36. The van der Waals surface area contributed by atoms with Crippen molar-refractivity contribution in [3.05, 3.63) is 28.6 Å². The first-order valence-electron chi connectivity index (χ1n) is 3.75. The molecule has 0 N–H and O–H groups in total. The summed E-state index contributed by atoms with van der Waals surface area (Å²) in [7, 11) is 1.92. The first kappa shape index (κ1) is 7.55. The van der Waals surface area contributed by atoms with Gasteiger partial charge in [0.15, 0.2) is 5.58 Å². The van der Waals surface area contributed by atoms with Gasteiger partial charge in [-0.15, -0.1) is 0 Å². The molecule has 0 unspecified atom stereocenters. The van der Waals surface area contributed by atoms with Crippen molar-refractivity contribution < 1.29 is 4.42 Å². The van der Waals surface area contributed by atoms with E-state index in [2.05, 4.69) is 0 Å². The summed E-state index contributed by atoms with van der Waals surface area (Å²) in [5, 5.41) is 0. The lowest BCUT2D eigenvalue weighted by molar-refractivity contribution is 0.559. The fourth-order valence-corrected chi connectivity index (χ4v) is 1.58. The molecule has 0 aliphatic heterocycles. The third-order valence-electron chi connectivity index (χ3n) is 2.01. The van der Waals surface area contributed by atoms with Crippen LogP contribution in [0.3, 0.4) is 0 Å².